The Hall–Kier alpha value is -0.640. The summed E-state index contributed by atoms with van der Waals surface area (Å²) in [4.78, 5) is 8.11. The standard InChI is InChI=1S/C26H54O.HNO2/c1-3-5-7-9-11-13-15-17-19-21-23-25-27-26-24-22-20-18-16-14-12-10-8-6-4-2;2-1-3/h3-26H2,1-2H3;(H,2,3). The molecule has 4 nitrogen and oxygen atoms in total. The minimum Gasteiger partial charge on any atom is -0.381 e. The van der Waals surface area contributed by atoms with E-state index in [2.05, 4.69) is 13.8 Å². The second-order valence-corrected chi connectivity index (χ2v) is 8.77. The number of hydrogen-bond acceptors (Lipinski definition) is 3. The second-order valence-electron chi connectivity index (χ2n) is 8.77. The van der Waals surface area contributed by atoms with Gasteiger partial charge in [-0.2, -0.15) is 0 Å². The van der Waals surface area contributed by atoms with Crippen molar-refractivity contribution in [3.8, 4) is 0 Å². The molecule has 4 heteroatoms. The highest BCUT2D eigenvalue weighted by atomic mass is 16.6. The van der Waals surface area contributed by atoms with E-state index in [-0.39, 0.29) is 0 Å². The highest BCUT2D eigenvalue weighted by Gasteiger charge is 1.95. The monoisotopic (exact) mass is 429 g/mol. The smallest absolute Gasteiger partial charge is 0.152 e. The van der Waals surface area contributed by atoms with Crippen LogP contribution in [0.2, 0.25) is 0 Å². The molecule has 0 aromatic heterocycles. The number of ether oxygens (including phenoxy) is 1. The maximum atomic E-state index is 8.11. The van der Waals surface area contributed by atoms with Gasteiger partial charge >= 0.3 is 0 Å². The minimum atomic E-state index is 0.995. The lowest BCUT2D eigenvalue weighted by molar-refractivity contribution is 0.125. The van der Waals surface area contributed by atoms with E-state index in [1.54, 1.807) is 0 Å². The molecule has 0 saturated heterocycles. The van der Waals surface area contributed by atoms with E-state index in [0.717, 1.165) is 13.2 Å². The molecule has 0 bridgehead atoms. The maximum Gasteiger partial charge on any atom is 0.152 e. The molecule has 182 valence electrons. The Kier molecular flexibility index (Phi) is 34.7. The van der Waals surface area contributed by atoms with Crippen molar-refractivity contribution in [2.45, 2.75) is 155 Å². The van der Waals surface area contributed by atoms with Crippen LogP contribution < -0.4 is 0 Å². The topological polar surface area (TPSA) is 58.9 Å². The summed E-state index contributed by atoms with van der Waals surface area (Å²) in [5, 5.41) is 7.89. The molecule has 0 heterocycles. The molecule has 0 radical (unpaired) electrons. The van der Waals surface area contributed by atoms with Gasteiger partial charge in [0.25, 0.3) is 0 Å². The Bertz CT molecular complexity index is 263. The van der Waals surface area contributed by atoms with Crippen molar-refractivity contribution in [3.05, 3.63) is 4.91 Å². The summed E-state index contributed by atoms with van der Waals surface area (Å²) < 4.78 is 5.80. The summed E-state index contributed by atoms with van der Waals surface area (Å²) in [6.45, 7) is 6.58. The molecule has 0 aliphatic rings. The van der Waals surface area contributed by atoms with Crippen LogP contribution in [0.15, 0.2) is 5.34 Å². The van der Waals surface area contributed by atoms with Crippen LogP contribution in [0, 0.1) is 4.91 Å². The Morgan fingerprint density at radius 3 is 0.900 bits per heavy atom. The van der Waals surface area contributed by atoms with Crippen LogP contribution >= 0.6 is 0 Å². The first-order valence-corrected chi connectivity index (χ1v) is 13.4. The van der Waals surface area contributed by atoms with E-state index in [4.69, 9.17) is 14.9 Å². The minimum absolute atomic E-state index is 0.995. The van der Waals surface area contributed by atoms with Crippen molar-refractivity contribution in [2.75, 3.05) is 13.2 Å². The average molecular weight is 430 g/mol. The normalized spacial score (nSPS) is 10.6. The van der Waals surface area contributed by atoms with Crippen molar-refractivity contribution in [1.29, 1.82) is 0 Å². The zero-order valence-corrected chi connectivity index (χ0v) is 20.7. The molecule has 1 N–H and O–H groups in total. The summed E-state index contributed by atoms with van der Waals surface area (Å²) in [7, 11) is 0. The number of hydrogen-bond donors (Lipinski definition) is 1. The van der Waals surface area contributed by atoms with Gasteiger partial charge in [-0.3, -0.25) is 0 Å². The van der Waals surface area contributed by atoms with Crippen LogP contribution in [-0.4, -0.2) is 18.4 Å². The summed E-state index contributed by atoms with van der Waals surface area (Å²) in [6, 6.07) is 0. The van der Waals surface area contributed by atoms with Crippen LogP contribution in [0.1, 0.15) is 155 Å². The van der Waals surface area contributed by atoms with Gasteiger partial charge in [-0.1, -0.05) is 142 Å². The molecule has 0 aromatic carbocycles. The van der Waals surface area contributed by atoms with Crippen LogP contribution in [0.3, 0.4) is 0 Å². The van der Waals surface area contributed by atoms with Gasteiger partial charge in [0.05, 0.1) is 0 Å². The number of rotatable bonds is 24. The Morgan fingerprint density at radius 2 is 0.667 bits per heavy atom. The third-order valence-electron chi connectivity index (χ3n) is 5.78. The van der Waals surface area contributed by atoms with Gasteiger partial charge in [0.15, 0.2) is 5.34 Å². The Labute approximate surface area is 188 Å². The van der Waals surface area contributed by atoms with Crippen LogP contribution in [0.4, 0.5) is 0 Å². The first kappa shape index (κ1) is 31.5. The summed E-state index contributed by atoms with van der Waals surface area (Å²) in [5.41, 5.74) is 0. The van der Waals surface area contributed by atoms with Gasteiger partial charge < -0.3 is 9.94 Å². The highest BCUT2D eigenvalue weighted by molar-refractivity contribution is 4.49. The summed E-state index contributed by atoms with van der Waals surface area (Å²) in [5.74, 6) is 0. The van der Waals surface area contributed by atoms with Crippen LogP contribution in [0.25, 0.3) is 0 Å². The van der Waals surface area contributed by atoms with Gasteiger partial charge in [0.2, 0.25) is 0 Å². The number of unbranched alkanes of at least 4 members (excludes halogenated alkanes) is 20. The van der Waals surface area contributed by atoms with Crippen molar-refractivity contribution in [3.63, 3.8) is 0 Å². The van der Waals surface area contributed by atoms with E-state index in [1.165, 1.54) is 147 Å². The summed E-state index contributed by atoms with van der Waals surface area (Å²) >= 11 is 0. The SMILES string of the molecule is CCCCCCCCCCCCCOCCCCCCCCCCCCC.O=NO. The predicted molar refractivity (Wildman–Crippen MR) is 131 cm³/mol. The fourth-order valence-corrected chi connectivity index (χ4v) is 3.84. The lowest BCUT2D eigenvalue weighted by Gasteiger charge is -2.05. The van der Waals surface area contributed by atoms with Crippen molar-refractivity contribution >= 4 is 0 Å². The first-order valence-electron chi connectivity index (χ1n) is 13.4. The van der Waals surface area contributed by atoms with E-state index in [1.807, 2.05) is 0 Å². The van der Waals surface area contributed by atoms with E-state index < -0.39 is 0 Å². The van der Waals surface area contributed by atoms with E-state index in [9.17, 15) is 0 Å². The van der Waals surface area contributed by atoms with Crippen LogP contribution in [-0.2, 0) is 4.74 Å². The Balaban J connectivity index is 0. The zero-order chi connectivity index (χ0) is 22.4. The van der Waals surface area contributed by atoms with Crippen molar-refractivity contribution < 1.29 is 9.94 Å². The zero-order valence-electron chi connectivity index (χ0n) is 20.7. The molecule has 0 amide bonds. The maximum absolute atomic E-state index is 8.11. The molecule has 0 atom stereocenters. The molecular weight excluding hydrogens is 374 g/mol. The Morgan fingerprint density at radius 1 is 0.467 bits per heavy atom. The highest BCUT2D eigenvalue weighted by Crippen LogP contribution is 2.12. The lowest BCUT2D eigenvalue weighted by Crippen LogP contribution is -1.97. The van der Waals surface area contributed by atoms with Crippen molar-refractivity contribution in [1.82, 2.24) is 0 Å². The quantitative estimate of drug-likeness (QED) is 0.0943. The average Bonchev–Trinajstić information content (AvgIpc) is 2.75. The van der Waals surface area contributed by atoms with Gasteiger partial charge in [-0.15, -0.1) is 4.91 Å². The fourth-order valence-electron chi connectivity index (χ4n) is 3.84. The third-order valence-corrected chi connectivity index (χ3v) is 5.78. The molecule has 0 rings (SSSR count). The van der Waals surface area contributed by atoms with Gasteiger partial charge in [0.1, 0.15) is 0 Å². The molecular formula is C26H55NO3. The molecule has 0 aromatic rings. The summed E-state index contributed by atoms with van der Waals surface area (Å²) in [6.07, 6.45) is 31.1. The molecule has 0 spiro atoms. The molecule has 0 aliphatic heterocycles. The molecule has 0 aliphatic carbocycles. The van der Waals surface area contributed by atoms with Crippen molar-refractivity contribution in [2.24, 2.45) is 5.34 Å². The van der Waals surface area contributed by atoms with Gasteiger partial charge in [-0.05, 0) is 12.8 Å². The van der Waals surface area contributed by atoms with E-state index >= 15 is 0 Å². The van der Waals surface area contributed by atoms with Crippen LogP contribution in [0.5, 0.6) is 0 Å². The molecule has 0 saturated carbocycles. The lowest BCUT2D eigenvalue weighted by atomic mass is 10.1. The predicted octanol–water partition coefficient (Wildman–Crippen LogP) is 9.77. The molecule has 0 fully saturated rings. The second kappa shape index (κ2) is 33.0. The first-order chi connectivity index (χ1) is 14.8. The number of nitrogens with zero attached hydrogens (tertiary/aromatic N) is 1. The fraction of sp³-hybridized carbons (Fsp3) is 1.00. The molecule has 30 heavy (non-hydrogen) atoms. The molecule has 0 unspecified atom stereocenters. The van der Waals surface area contributed by atoms with E-state index in [0.29, 0.717) is 0 Å². The van der Waals surface area contributed by atoms with Gasteiger partial charge in [-0.25, -0.2) is 0 Å². The third kappa shape index (κ3) is 34.8. The largest absolute Gasteiger partial charge is 0.381 e. The van der Waals surface area contributed by atoms with Gasteiger partial charge in [0, 0.05) is 13.2 Å².